The summed E-state index contributed by atoms with van der Waals surface area (Å²) < 4.78 is 4.81. The Kier molecular flexibility index (Phi) is 6.40. The lowest BCUT2D eigenvalue weighted by Gasteiger charge is -2.13. The number of aryl methyl sites for hydroxylation is 2. The summed E-state index contributed by atoms with van der Waals surface area (Å²) in [7, 11) is 1.48. The molecule has 0 fully saturated rings. The van der Waals surface area contributed by atoms with Crippen LogP contribution in [0.2, 0.25) is 0 Å². The topological polar surface area (TPSA) is 101 Å². The van der Waals surface area contributed by atoms with E-state index in [0.717, 1.165) is 17.0 Å². The van der Waals surface area contributed by atoms with Crippen molar-refractivity contribution in [3.8, 4) is 0 Å². The molecule has 1 aromatic rings. The summed E-state index contributed by atoms with van der Waals surface area (Å²) in [5, 5.41) is 14.4. The second-order valence-corrected chi connectivity index (χ2v) is 5.35. The average Bonchev–Trinajstić information content (AvgIpc) is 2.74. The molecule has 1 unspecified atom stereocenters. The highest BCUT2D eigenvalue weighted by atomic mass is 32.1. The van der Waals surface area contributed by atoms with Crippen LogP contribution in [0.25, 0.3) is 0 Å². The Morgan fingerprint density at radius 2 is 2.20 bits per heavy atom. The van der Waals surface area contributed by atoms with Crippen LogP contribution in [0.4, 0.5) is 9.93 Å². The second kappa shape index (κ2) is 7.81. The Morgan fingerprint density at radius 1 is 1.50 bits per heavy atom. The number of anilines is 1. The van der Waals surface area contributed by atoms with E-state index in [1.165, 1.54) is 18.4 Å². The van der Waals surface area contributed by atoms with E-state index in [9.17, 15) is 9.59 Å². The SMILES string of the molecule is CCc1nc(NC(=O)NC(CCOC)C(=O)O)sc1C. The van der Waals surface area contributed by atoms with Crippen LogP contribution in [0.5, 0.6) is 0 Å². The first-order chi connectivity index (χ1) is 9.47. The molecule has 1 heterocycles. The molecule has 0 saturated carbocycles. The number of hydrogen-bond acceptors (Lipinski definition) is 5. The molecule has 0 aliphatic carbocycles. The maximum Gasteiger partial charge on any atom is 0.326 e. The van der Waals surface area contributed by atoms with Gasteiger partial charge >= 0.3 is 12.0 Å². The number of carboxylic acids is 1. The Morgan fingerprint density at radius 3 is 2.70 bits per heavy atom. The number of nitrogens with zero attached hydrogens (tertiary/aromatic N) is 1. The average molecular weight is 301 g/mol. The van der Waals surface area contributed by atoms with Gasteiger partial charge in [0.1, 0.15) is 6.04 Å². The lowest BCUT2D eigenvalue weighted by atomic mass is 10.2. The summed E-state index contributed by atoms with van der Waals surface area (Å²) in [6.45, 7) is 4.17. The van der Waals surface area contributed by atoms with E-state index in [0.29, 0.717) is 5.13 Å². The molecule has 0 bridgehead atoms. The van der Waals surface area contributed by atoms with Crippen LogP contribution in [0, 0.1) is 6.92 Å². The van der Waals surface area contributed by atoms with Gasteiger partial charge in [0.2, 0.25) is 0 Å². The standard InChI is InChI=1S/C12H19N3O4S/c1-4-8-7(2)20-12(14-8)15-11(18)13-9(10(16)17)5-6-19-3/h9H,4-6H2,1-3H3,(H,16,17)(H2,13,14,15,18). The molecule has 1 atom stereocenters. The first-order valence-electron chi connectivity index (χ1n) is 6.23. The van der Waals surface area contributed by atoms with Gasteiger partial charge in [-0.25, -0.2) is 14.6 Å². The van der Waals surface area contributed by atoms with Gasteiger partial charge in [-0.1, -0.05) is 6.92 Å². The molecule has 3 N–H and O–H groups in total. The lowest BCUT2D eigenvalue weighted by Crippen LogP contribution is -2.43. The number of methoxy groups -OCH3 is 1. The Hall–Kier alpha value is -1.67. The quantitative estimate of drug-likeness (QED) is 0.710. The maximum absolute atomic E-state index is 11.7. The van der Waals surface area contributed by atoms with Crippen LogP contribution < -0.4 is 10.6 Å². The summed E-state index contributed by atoms with van der Waals surface area (Å²) in [4.78, 5) is 28.0. The number of hydrogen-bond donors (Lipinski definition) is 3. The van der Waals surface area contributed by atoms with Crippen LogP contribution in [-0.2, 0) is 16.0 Å². The van der Waals surface area contributed by atoms with E-state index < -0.39 is 18.0 Å². The molecule has 1 aromatic heterocycles. The number of nitrogens with one attached hydrogen (secondary N) is 2. The maximum atomic E-state index is 11.7. The van der Waals surface area contributed by atoms with Gasteiger partial charge in [0.05, 0.1) is 5.69 Å². The molecule has 2 amide bonds. The van der Waals surface area contributed by atoms with Crippen molar-refractivity contribution < 1.29 is 19.4 Å². The molecule has 0 aliphatic heterocycles. The van der Waals surface area contributed by atoms with Gasteiger partial charge in [0.15, 0.2) is 5.13 Å². The van der Waals surface area contributed by atoms with E-state index in [1.54, 1.807) is 0 Å². The minimum absolute atomic E-state index is 0.205. The Balaban J connectivity index is 2.58. The summed E-state index contributed by atoms with van der Waals surface area (Å²) in [5.74, 6) is -1.10. The minimum Gasteiger partial charge on any atom is -0.480 e. The smallest absolute Gasteiger partial charge is 0.326 e. The minimum atomic E-state index is -1.10. The first-order valence-corrected chi connectivity index (χ1v) is 7.05. The summed E-state index contributed by atoms with van der Waals surface area (Å²) >= 11 is 1.37. The van der Waals surface area contributed by atoms with Crippen molar-refractivity contribution in [2.75, 3.05) is 19.0 Å². The van der Waals surface area contributed by atoms with Crippen molar-refractivity contribution in [2.45, 2.75) is 32.7 Å². The lowest BCUT2D eigenvalue weighted by molar-refractivity contribution is -0.139. The van der Waals surface area contributed by atoms with Crippen LogP contribution in [0.3, 0.4) is 0 Å². The van der Waals surface area contributed by atoms with Crippen molar-refractivity contribution >= 4 is 28.5 Å². The largest absolute Gasteiger partial charge is 0.480 e. The van der Waals surface area contributed by atoms with Crippen molar-refractivity contribution in [2.24, 2.45) is 0 Å². The number of rotatable bonds is 7. The third kappa shape index (κ3) is 4.78. The monoisotopic (exact) mass is 301 g/mol. The molecule has 0 aromatic carbocycles. The number of aromatic nitrogens is 1. The summed E-state index contributed by atoms with van der Waals surface area (Å²) in [6, 6.07) is -1.56. The molecule has 8 heteroatoms. The third-order valence-electron chi connectivity index (χ3n) is 2.66. The van der Waals surface area contributed by atoms with E-state index in [4.69, 9.17) is 9.84 Å². The fourth-order valence-corrected chi connectivity index (χ4v) is 2.49. The number of carbonyl (C=O) groups excluding carboxylic acids is 1. The second-order valence-electron chi connectivity index (χ2n) is 4.15. The normalized spacial score (nSPS) is 11.9. The van der Waals surface area contributed by atoms with Gasteiger partial charge < -0.3 is 15.2 Å². The van der Waals surface area contributed by atoms with Gasteiger partial charge in [-0.3, -0.25) is 5.32 Å². The van der Waals surface area contributed by atoms with Crippen molar-refractivity contribution in [3.05, 3.63) is 10.6 Å². The number of urea groups is 1. The summed E-state index contributed by atoms with van der Waals surface area (Å²) in [5.41, 5.74) is 0.930. The van der Waals surface area contributed by atoms with Gasteiger partial charge in [0, 0.05) is 25.0 Å². The van der Waals surface area contributed by atoms with Crippen molar-refractivity contribution in [1.82, 2.24) is 10.3 Å². The highest BCUT2D eigenvalue weighted by Gasteiger charge is 2.20. The fourth-order valence-electron chi connectivity index (χ4n) is 1.59. The van der Waals surface area contributed by atoms with Crippen LogP contribution in [-0.4, -0.2) is 41.8 Å². The molecular weight excluding hydrogens is 282 g/mol. The van der Waals surface area contributed by atoms with Gasteiger partial charge in [-0.05, 0) is 13.3 Å². The Labute approximate surface area is 121 Å². The number of amides is 2. The zero-order valence-corrected chi connectivity index (χ0v) is 12.5. The third-order valence-corrected chi connectivity index (χ3v) is 3.59. The number of carbonyl (C=O) groups is 2. The zero-order valence-electron chi connectivity index (χ0n) is 11.7. The van der Waals surface area contributed by atoms with E-state index >= 15 is 0 Å². The van der Waals surface area contributed by atoms with Crippen LogP contribution >= 0.6 is 11.3 Å². The number of carboxylic acid groups (broad SMARTS) is 1. The predicted molar refractivity (Wildman–Crippen MR) is 76.3 cm³/mol. The Bertz CT molecular complexity index is 475. The van der Waals surface area contributed by atoms with Crippen molar-refractivity contribution in [3.63, 3.8) is 0 Å². The molecule has 7 nitrogen and oxygen atoms in total. The molecular formula is C12H19N3O4S. The molecule has 112 valence electrons. The van der Waals surface area contributed by atoms with E-state index in [1.807, 2.05) is 13.8 Å². The van der Waals surface area contributed by atoms with Gasteiger partial charge in [0.25, 0.3) is 0 Å². The zero-order chi connectivity index (χ0) is 15.1. The van der Waals surface area contributed by atoms with Crippen molar-refractivity contribution in [1.29, 1.82) is 0 Å². The predicted octanol–water partition coefficient (Wildman–Crippen LogP) is 1.63. The number of thiazole rings is 1. The van der Waals surface area contributed by atoms with E-state index in [-0.39, 0.29) is 13.0 Å². The molecule has 0 aliphatic rings. The molecule has 0 spiro atoms. The van der Waals surface area contributed by atoms with Gasteiger partial charge in [-0.15, -0.1) is 11.3 Å². The highest BCUT2D eigenvalue weighted by molar-refractivity contribution is 7.15. The highest BCUT2D eigenvalue weighted by Crippen LogP contribution is 2.22. The van der Waals surface area contributed by atoms with Crippen LogP contribution in [0.15, 0.2) is 0 Å². The molecule has 0 saturated heterocycles. The fraction of sp³-hybridized carbons (Fsp3) is 0.583. The summed E-state index contributed by atoms with van der Waals surface area (Å²) in [6.07, 6.45) is 0.994. The van der Waals surface area contributed by atoms with E-state index in [2.05, 4.69) is 15.6 Å². The number of ether oxygens (including phenoxy) is 1. The first kappa shape index (κ1) is 16.4. The van der Waals surface area contributed by atoms with Gasteiger partial charge in [-0.2, -0.15) is 0 Å². The van der Waals surface area contributed by atoms with Crippen LogP contribution in [0.1, 0.15) is 23.9 Å². The number of aliphatic carboxylic acids is 1. The molecule has 20 heavy (non-hydrogen) atoms. The molecule has 0 radical (unpaired) electrons. The molecule has 1 rings (SSSR count).